The number of fused-ring (bicyclic) bond motifs is 1. The number of nitrogens with one attached hydrogen (secondary N) is 2. The quantitative estimate of drug-likeness (QED) is 0.434. The van der Waals surface area contributed by atoms with Gasteiger partial charge in [-0.15, -0.1) is 0 Å². The molecule has 2 amide bonds. The number of ketones is 1. The maximum Gasteiger partial charge on any atom is 0.323 e. The van der Waals surface area contributed by atoms with Gasteiger partial charge in [-0.3, -0.25) is 4.79 Å². The summed E-state index contributed by atoms with van der Waals surface area (Å²) in [7, 11) is 1.74. The van der Waals surface area contributed by atoms with Crippen molar-refractivity contribution in [1.82, 2.24) is 14.5 Å². The van der Waals surface area contributed by atoms with Crippen LogP contribution in [0.2, 0.25) is 0 Å². The lowest BCUT2D eigenvalue weighted by Crippen LogP contribution is -2.19. The van der Waals surface area contributed by atoms with Crippen LogP contribution in [0.4, 0.5) is 30.8 Å². The molecule has 4 rings (SSSR count). The molecule has 0 fully saturated rings. The van der Waals surface area contributed by atoms with Crippen LogP contribution in [0.15, 0.2) is 55.0 Å². The van der Waals surface area contributed by atoms with Crippen LogP contribution in [0.5, 0.6) is 0 Å². The second-order valence-electron chi connectivity index (χ2n) is 6.76. The molecule has 0 aliphatic carbocycles. The SMILES string of the molecule is Cn1cc(C(=O)c2cccc(NC(=O)Nc3cc(F)cc(F)c3)c2)c2c(N)ncnc21. The highest BCUT2D eigenvalue weighted by Crippen LogP contribution is 2.26. The molecule has 0 atom stereocenters. The molecule has 0 spiro atoms. The van der Waals surface area contributed by atoms with Gasteiger partial charge in [0, 0.05) is 36.2 Å². The zero-order valence-electron chi connectivity index (χ0n) is 16.2. The first-order chi connectivity index (χ1) is 14.8. The fourth-order valence-corrected chi connectivity index (χ4v) is 3.22. The van der Waals surface area contributed by atoms with Gasteiger partial charge >= 0.3 is 6.03 Å². The van der Waals surface area contributed by atoms with Crippen molar-refractivity contribution in [2.24, 2.45) is 7.05 Å². The summed E-state index contributed by atoms with van der Waals surface area (Å²) in [6, 6.07) is 8.17. The number of amides is 2. The molecule has 2 aromatic heterocycles. The Hall–Kier alpha value is -4.34. The second-order valence-corrected chi connectivity index (χ2v) is 6.76. The highest BCUT2D eigenvalue weighted by molar-refractivity contribution is 6.18. The van der Waals surface area contributed by atoms with E-state index in [1.54, 1.807) is 36.0 Å². The molecule has 0 aliphatic heterocycles. The molecule has 0 bridgehead atoms. The lowest BCUT2D eigenvalue weighted by Gasteiger charge is -2.09. The highest BCUT2D eigenvalue weighted by atomic mass is 19.1. The lowest BCUT2D eigenvalue weighted by molar-refractivity contribution is 0.104. The molecule has 4 aromatic rings. The number of nitrogen functional groups attached to an aromatic ring is 1. The molecule has 0 radical (unpaired) electrons. The number of aryl methyl sites for hydroxylation is 1. The van der Waals surface area contributed by atoms with Crippen molar-refractivity contribution in [3.63, 3.8) is 0 Å². The molecular formula is C21H16F2N6O2. The number of hydrogen-bond acceptors (Lipinski definition) is 5. The minimum Gasteiger partial charge on any atom is -0.383 e. The summed E-state index contributed by atoms with van der Waals surface area (Å²) in [5.74, 6) is -1.78. The monoisotopic (exact) mass is 422 g/mol. The third kappa shape index (κ3) is 4.04. The second kappa shape index (κ2) is 7.82. The number of carbonyl (C=O) groups excluding carboxylic acids is 2. The Balaban J connectivity index is 1.57. The van der Waals surface area contributed by atoms with E-state index in [4.69, 9.17) is 5.73 Å². The largest absolute Gasteiger partial charge is 0.383 e. The van der Waals surface area contributed by atoms with Crippen LogP contribution >= 0.6 is 0 Å². The molecule has 2 heterocycles. The van der Waals surface area contributed by atoms with Gasteiger partial charge in [-0.1, -0.05) is 12.1 Å². The van der Waals surface area contributed by atoms with Gasteiger partial charge in [0.05, 0.1) is 10.9 Å². The molecule has 0 saturated heterocycles. The number of nitrogens with two attached hydrogens (primary N) is 1. The topological polar surface area (TPSA) is 115 Å². The summed E-state index contributed by atoms with van der Waals surface area (Å²) in [5.41, 5.74) is 7.35. The number of anilines is 3. The van der Waals surface area contributed by atoms with Gasteiger partial charge in [0.1, 0.15) is 29.4 Å². The van der Waals surface area contributed by atoms with Gasteiger partial charge in [0.15, 0.2) is 5.78 Å². The summed E-state index contributed by atoms with van der Waals surface area (Å²) >= 11 is 0. The first-order valence-corrected chi connectivity index (χ1v) is 9.06. The average molecular weight is 422 g/mol. The molecule has 4 N–H and O–H groups in total. The van der Waals surface area contributed by atoms with Crippen molar-refractivity contribution >= 4 is 40.0 Å². The standard InChI is InChI=1S/C21H16F2N6O2/c1-29-9-16(17-19(24)25-10-26-20(17)29)18(30)11-3-2-4-14(5-11)27-21(31)28-15-7-12(22)6-13(23)8-15/h2-10H,1H3,(H2,24,25,26)(H2,27,28,31). The molecule has 0 aliphatic rings. The fraction of sp³-hybridized carbons (Fsp3) is 0.0476. The van der Waals surface area contributed by atoms with E-state index < -0.39 is 17.7 Å². The predicted octanol–water partition coefficient (Wildman–Crippen LogP) is 3.70. The Morgan fingerprint density at radius 2 is 1.71 bits per heavy atom. The Morgan fingerprint density at radius 3 is 2.45 bits per heavy atom. The number of carbonyl (C=O) groups is 2. The van der Waals surface area contributed by atoms with Crippen LogP contribution < -0.4 is 16.4 Å². The molecule has 0 unspecified atom stereocenters. The normalized spacial score (nSPS) is 10.8. The Kier molecular flexibility index (Phi) is 5.04. The van der Waals surface area contributed by atoms with E-state index >= 15 is 0 Å². The van der Waals surface area contributed by atoms with E-state index in [-0.39, 0.29) is 17.3 Å². The van der Waals surface area contributed by atoms with Crippen molar-refractivity contribution in [2.75, 3.05) is 16.4 Å². The van der Waals surface area contributed by atoms with Crippen molar-refractivity contribution < 1.29 is 18.4 Å². The highest BCUT2D eigenvalue weighted by Gasteiger charge is 2.19. The van der Waals surface area contributed by atoms with E-state index in [2.05, 4.69) is 20.6 Å². The van der Waals surface area contributed by atoms with Gasteiger partial charge in [-0.05, 0) is 24.3 Å². The van der Waals surface area contributed by atoms with E-state index in [1.807, 2.05) is 0 Å². The van der Waals surface area contributed by atoms with Gasteiger partial charge in [0.25, 0.3) is 0 Å². The van der Waals surface area contributed by atoms with Crippen molar-refractivity contribution in [1.29, 1.82) is 0 Å². The number of halogens is 2. The van der Waals surface area contributed by atoms with Crippen LogP contribution in [-0.2, 0) is 7.05 Å². The smallest absolute Gasteiger partial charge is 0.323 e. The molecule has 10 heteroatoms. The lowest BCUT2D eigenvalue weighted by atomic mass is 10.0. The molecule has 156 valence electrons. The molecular weight excluding hydrogens is 406 g/mol. The third-order valence-electron chi connectivity index (χ3n) is 4.53. The number of nitrogens with zero attached hydrogens (tertiary/aromatic N) is 3. The number of rotatable bonds is 4. The number of hydrogen-bond donors (Lipinski definition) is 3. The summed E-state index contributed by atoms with van der Waals surface area (Å²) in [6.45, 7) is 0. The molecule has 31 heavy (non-hydrogen) atoms. The molecule has 8 nitrogen and oxygen atoms in total. The summed E-state index contributed by atoms with van der Waals surface area (Å²) in [5, 5.41) is 5.31. The first-order valence-electron chi connectivity index (χ1n) is 9.06. The summed E-state index contributed by atoms with van der Waals surface area (Å²) < 4.78 is 28.2. The van der Waals surface area contributed by atoms with Crippen LogP contribution in [0.25, 0.3) is 11.0 Å². The molecule has 2 aromatic carbocycles. The van der Waals surface area contributed by atoms with Crippen LogP contribution in [0.3, 0.4) is 0 Å². The molecule has 0 saturated carbocycles. The number of benzene rings is 2. The van der Waals surface area contributed by atoms with Gasteiger partial charge in [-0.25, -0.2) is 23.5 Å². The summed E-state index contributed by atoms with van der Waals surface area (Å²) in [4.78, 5) is 33.4. The fourth-order valence-electron chi connectivity index (χ4n) is 3.22. The maximum atomic E-state index is 13.3. The van der Waals surface area contributed by atoms with Crippen LogP contribution in [-0.4, -0.2) is 26.3 Å². The minimum atomic E-state index is -0.818. The number of aromatic nitrogens is 3. The van der Waals surface area contributed by atoms with Crippen LogP contribution in [0, 0.1) is 11.6 Å². The van der Waals surface area contributed by atoms with Crippen molar-refractivity contribution in [2.45, 2.75) is 0 Å². The Bertz CT molecular complexity index is 1310. The maximum absolute atomic E-state index is 13.3. The Morgan fingerprint density at radius 1 is 1.00 bits per heavy atom. The van der Waals surface area contributed by atoms with Crippen molar-refractivity contribution in [3.8, 4) is 0 Å². The van der Waals surface area contributed by atoms with Gasteiger partial charge in [0.2, 0.25) is 0 Å². The van der Waals surface area contributed by atoms with Gasteiger partial charge in [-0.2, -0.15) is 0 Å². The Labute approximate surface area is 174 Å². The van der Waals surface area contributed by atoms with Crippen molar-refractivity contribution in [3.05, 3.63) is 77.8 Å². The van der Waals surface area contributed by atoms with Crippen LogP contribution in [0.1, 0.15) is 15.9 Å². The minimum absolute atomic E-state index is 0.0477. The average Bonchev–Trinajstić information content (AvgIpc) is 3.05. The van der Waals surface area contributed by atoms with E-state index in [9.17, 15) is 18.4 Å². The number of urea groups is 1. The first kappa shape index (κ1) is 20.0. The van der Waals surface area contributed by atoms with Gasteiger partial charge < -0.3 is 20.9 Å². The zero-order chi connectivity index (χ0) is 22.1. The van der Waals surface area contributed by atoms with E-state index in [1.165, 1.54) is 12.4 Å². The van der Waals surface area contributed by atoms with E-state index in [0.717, 1.165) is 12.1 Å². The predicted molar refractivity (Wildman–Crippen MR) is 112 cm³/mol. The van der Waals surface area contributed by atoms with E-state index in [0.29, 0.717) is 33.9 Å². The summed E-state index contributed by atoms with van der Waals surface area (Å²) in [6.07, 6.45) is 2.93. The zero-order valence-corrected chi connectivity index (χ0v) is 16.2. The third-order valence-corrected chi connectivity index (χ3v) is 4.53.